The molecule has 0 spiro atoms. The van der Waals surface area contributed by atoms with E-state index in [-0.39, 0.29) is 0 Å². The first-order chi connectivity index (χ1) is 11.7. The summed E-state index contributed by atoms with van der Waals surface area (Å²) >= 11 is 0. The number of nitrogens with zero attached hydrogens (tertiary/aromatic N) is 6. The Morgan fingerprint density at radius 1 is 1.12 bits per heavy atom. The van der Waals surface area contributed by atoms with Gasteiger partial charge < -0.3 is 9.64 Å². The lowest BCUT2D eigenvalue weighted by Gasteiger charge is -2.40. The minimum atomic E-state index is 0.390. The molecule has 7 nitrogen and oxygen atoms in total. The number of hydrogen-bond donors (Lipinski definition) is 0. The van der Waals surface area contributed by atoms with E-state index in [2.05, 4.69) is 45.0 Å². The Balaban J connectivity index is 1.52. The average Bonchev–Trinajstić information content (AvgIpc) is 3.10. The smallest absolute Gasteiger partial charge is 0.200 e. The van der Waals surface area contributed by atoms with E-state index in [0.29, 0.717) is 12.0 Å². The molecule has 0 unspecified atom stereocenters. The maximum Gasteiger partial charge on any atom is 0.200 e. The van der Waals surface area contributed by atoms with Gasteiger partial charge in [0.05, 0.1) is 24.6 Å². The molecule has 0 saturated carbocycles. The fourth-order valence-electron chi connectivity index (χ4n) is 3.76. The number of aromatic nitrogens is 4. The van der Waals surface area contributed by atoms with Crippen molar-refractivity contribution in [2.24, 2.45) is 0 Å². The SMILES string of the molecule is CC(C)c1cc(N2CCC(N3CCOCC3)CC2)c2nncn2n1. The predicted octanol–water partition coefficient (Wildman–Crippen LogP) is 1.55. The molecular formula is C17H26N6O. The van der Waals surface area contributed by atoms with Crippen molar-refractivity contribution in [1.82, 2.24) is 24.7 Å². The molecule has 0 N–H and O–H groups in total. The third-order valence-electron chi connectivity index (χ3n) is 5.23. The molecular weight excluding hydrogens is 304 g/mol. The molecule has 4 rings (SSSR count). The molecule has 0 bridgehead atoms. The number of ether oxygens (including phenoxy) is 1. The molecule has 2 fully saturated rings. The summed E-state index contributed by atoms with van der Waals surface area (Å²) in [6.45, 7) is 10.4. The lowest BCUT2D eigenvalue weighted by Crippen LogP contribution is -2.49. The summed E-state index contributed by atoms with van der Waals surface area (Å²) in [5.74, 6) is 0.390. The third-order valence-corrected chi connectivity index (χ3v) is 5.23. The van der Waals surface area contributed by atoms with Gasteiger partial charge in [-0.1, -0.05) is 13.8 Å². The highest BCUT2D eigenvalue weighted by Crippen LogP contribution is 2.28. The van der Waals surface area contributed by atoms with E-state index >= 15 is 0 Å². The van der Waals surface area contributed by atoms with Crippen molar-refractivity contribution < 1.29 is 4.74 Å². The van der Waals surface area contributed by atoms with Crippen molar-refractivity contribution in [3.63, 3.8) is 0 Å². The number of hydrogen-bond acceptors (Lipinski definition) is 6. The lowest BCUT2D eigenvalue weighted by atomic mass is 10.0. The van der Waals surface area contributed by atoms with Crippen molar-refractivity contribution in [3.8, 4) is 0 Å². The summed E-state index contributed by atoms with van der Waals surface area (Å²) in [6.07, 6.45) is 4.09. The highest BCUT2D eigenvalue weighted by atomic mass is 16.5. The van der Waals surface area contributed by atoms with Gasteiger partial charge in [0, 0.05) is 32.2 Å². The van der Waals surface area contributed by atoms with Crippen molar-refractivity contribution in [2.45, 2.75) is 38.6 Å². The van der Waals surface area contributed by atoms with Crippen molar-refractivity contribution in [1.29, 1.82) is 0 Å². The predicted molar refractivity (Wildman–Crippen MR) is 92.5 cm³/mol. The van der Waals surface area contributed by atoms with E-state index in [4.69, 9.17) is 4.74 Å². The quantitative estimate of drug-likeness (QED) is 0.851. The van der Waals surface area contributed by atoms with Gasteiger partial charge >= 0.3 is 0 Å². The minimum Gasteiger partial charge on any atom is -0.379 e. The van der Waals surface area contributed by atoms with E-state index in [1.165, 1.54) is 18.5 Å². The normalized spacial score (nSPS) is 21.0. The first-order valence-corrected chi connectivity index (χ1v) is 9.00. The van der Waals surface area contributed by atoms with Gasteiger partial charge in [-0.15, -0.1) is 10.2 Å². The van der Waals surface area contributed by atoms with Crippen LogP contribution in [0.25, 0.3) is 5.65 Å². The van der Waals surface area contributed by atoms with Crippen LogP contribution in [0.15, 0.2) is 12.4 Å². The molecule has 2 aromatic heterocycles. The van der Waals surface area contributed by atoms with Gasteiger partial charge in [0.15, 0.2) is 0 Å². The van der Waals surface area contributed by atoms with Crippen LogP contribution in [0.5, 0.6) is 0 Å². The molecule has 2 aliphatic heterocycles. The van der Waals surface area contributed by atoms with Crippen LogP contribution in [0, 0.1) is 0 Å². The summed E-state index contributed by atoms with van der Waals surface area (Å²) in [5, 5.41) is 13.0. The van der Waals surface area contributed by atoms with Gasteiger partial charge in [-0.25, -0.2) is 0 Å². The van der Waals surface area contributed by atoms with Gasteiger partial charge in [-0.2, -0.15) is 9.61 Å². The second kappa shape index (κ2) is 6.64. The number of rotatable bonds is 3. The Bertz CT molecular complexity index is 685. The van der Waals surface area contributed by atoms with E-state index in [1.807, 2.05) is 4.52 Å². The van der Waals surface area contributed by atoms with Gasteiger partial charge in [-0.3, -0.25) is 4.90 Å². The number of anilines is 1. The molecule has 2 saturated heterocycles. The molecule has 0 atom stereocenters. The standard InChI is InChI=1S/C17H26N6O/c1-13(2)15-11-16(17-19-18-12-23(17)20-15)22-5-3-14(4-6-22)21-7-9-24-10-8-21/h11-14H,3-10H2,1-2H3. The largest absolute Gasteiger partial charge is 0.379 e. The Morgan fingerprint density at radius 3 is 2.58 bits per heavy atom. The first kappa shape index (κ1) is 15.8. The molecule has 0 aromatic carbocycles. The highest BCUT2D eigenvalue weighted by Gasteiger charge is 2.27. The summed E-state index contributed by atoms with van der Waals surface area (Å²) in [7, 11) is 0. The summed E-state index contributed by atoms with van der Waals surface area (Å²) in [5.41, 5.74) is 3.13. The van der Waals surface area contributed by atoms with E-state index in [9.17, 15) is 0 Å². The second-order valence-electron chi connectivity index (χ2n) is 7.07. The Hall–Kier alpha value is -1.73. The van der Waals surface area contributed by atoms with Crippen LogP contribution in [-0.4, -0.2) is 70.1 Å². The Labute approximate surface area is 142 Å². The van der Waals surface area contributed by atoms with Crippen LogP contribution in [0.2, 0.25) is 0 Å². The zero-order valence-electron chi connectivity index (χ0n) is 14.6. The average molecular weight is 330 g/mol. The molecule has 0 radical (unpaired) electrons. The zero-order chi connectivity index (χ0) is 16.5. The van der Waals surface area contributed by atoms with Crippen LogP contribution in [-0.2, 0) is 4.74 Å². The fourth-order valence-corrected chi connectivity index (χ4v) is 3.76. The number of morpholine rings is 1. The molecule has 4 heterocycles. The van der Waals surface area contributed by atoms with Gasteiger partial charge in [0.1, 0.15) is 6.33 Å². The Kier molecular flexibility index (Phi) is 4.37. The second-order valence-corrected chi connectivity index (χ2v) is 7.07. The summed E-state index contributed by atoms with van der Waals surface area (Å²) in [4.78, 5) is 5.05. The van der Waals surface area contributed by atoms with Crippen LogP contribution in [0.4, 0.5) is 5.69 Å². The monoisotopic (exact) mass is 330 g/mol. The molecule has 7 heteroatoms. The fraction of sp³-hybridized carbons (Fsp3) is 0.706. The molecule has 2 aromatic rings. The highest BCUT2D eigenvalue weighted by molar-refractivity contribution is 5.68. The van der Waals surface area contributed by atoms with Crippen molar-refractivity contribution in [3.05, 3.63) is 18.1 Å². The van der Waals surface area contributed by atoms with Crippen LogP contribution in [0.1, 0.15) is 38.3 Å². The van der Waals surface area contributed by atoms with E-state index in [0.717, 1.165) is 50.7 Å². The first-order valence-electron chi connectivity index (χ1n) is 9.00. The van der Waals surface area contributed by atoms with Crippen molar-refractivity contribution in [2.75, 3.05) is 44.3 Å². The molecule has 2 aliphatic rings. The van der Waals surface area contributed by atoms with E-state index in [1.54, 1.807) is 6.33 Å². The molecule has 0 amide bonds. The van der Waals surface area contributed by atoms with Gasteiger partial charge in [0.2, 0.25) is 5.65 Å². The number of fused-ring (bicyclic) bond motifs is 1. The maximum atomic E-state index is 5.48. The third kappa shape index (κ3) is 2.98. The van der Waals surface area contributed by atoms with E-state index < -0.39 is 0 Å². The molecule has 0 aliphatic carbocycles. The minimum absolute atomic E-state index is 0.390. The van der Waals surface area contributed by atoms with Gasteiger partial charge in [0.25, 0.3) is 0 Å². The zero-order valence-corrected chi connectivity index (χ0v) is 14.6. The van der Waals surface area contributed by atoms with Crippen LogP contribution >= 0.6 is 0 Å². The maximum absolute atomic E-state index is 5.48. The summed E-state index contributed by atoms with van der Waals surface area (Å²) in [6, 6.07) is 2.88. The molecule has 24 heavy (non-hydrogen) atoms. The lowest BCUT2D eigenvalue weighted by molar-refractivity contribution is 0.0115. The van der Waals surface area contributed by atoms with Crippen LogP contribution in [0.3, 0.4) is 0 Å². The van der Waals surface area contributed by atoms with Crippen molar-refractivity contribution >= 4 is 11.3 Å². The van der Waals surface area contributed by atoms with Crippen LogP contribution < -0.4 is 4.90 Å². The summed E-state index contributed by atoms with van der Waals surface area (Å²) < 4.78 is 7.30. The topological polar surface area (TPSA) is 58.8 Å². The Morgan fingerprint density at radius 2 is 1.88 bits per heavy atom. The molecule has 130 valence electrons. The van der Waals surface area contributed by atoms with Gasteiger partial charge in [-0.05, 0) is 24.8 Å². The number of piperidine rings is 1.